The average molecular weight is 492 g/mol. The number of amides is 1. The summed E-state index contributed by atoms with van der Waals surface area (Å²) in [7, 11) is 1.50. The van der Waals surface area contributed by atoms with Gasteiger partial charge in [-0.1, -0.05) is 13.0 Å². The van der Waals surface area contributed by atoms with Crippen LogP contribution in [0.5, 0.6) is 0 Å². The quantitative estimate of drug-likeness (QED) is 0.411. The van der Waals surface area contributed by atoms with E-state index in [1.165, 1.54) is 13.2 Å². The number of halogens is 5. The molecule has 34 heavy (non-hydrogen) atoms. The van der Waals surface area contributed by atoms with Gasteiger partial charge in [0.15, 0.2) is 5.65 Å². The number of hydrogen-bond acceptors (Lipinski definition) is 4. The van der Waals surface area contributed by atoms with E-state index in [1.807, 2.05) is 6.08 Å². The summed E-state index contributed by atoms with van der Waals surface area (Å²) in [6, 6.07) is 1.69. The van der Waals surface area contributed by atoms with Gasteiger partial charge in [-0.05, 0) is 50.3 Å². The third kappa shape index (κ3) is 11.0. The zero-order valence-electron chi connectivity index (χ0n) is 19.7. The standard InChI is InChI=1S/C18H21F5N4O.C4H8.CH5N/c19-17(20)4-1-12(2-5-17)7-14-11-27-15(26-14)8-13(10-25-27)9-24-16(28)3-6-18(21,22)23;1-3-4-2;1-2/h8,10-12H,1-7,9H2,(H,24,28);3H,1,4H2,2H3;2H2,1H3. The van der Waals surface area contributed by atoms with E-state index < -0.39 is 30.8 Å². The second-order valence-electron chi connectivity index (χ2n) is 7.99. The van der Waals surface area contributed by atoms with Crippen molar-refractivity contribution in [2.24, 2.45) is 11.7 Å². The number of nitrogens with zero attached hydrogens (tertiary/aromatic N) is 3. The number of nitrogens with one attached hydrogen (secondary N) is 1. The lowest BCUT2D eigenvalue weighted by molar-refractivity contribution is -0.144. The van der Waals surface area contributed by atoms with Crippen molar-refractivity contribution in [3.05, 3.63) is 42.4 Å². The normalized spacial score (nSPS) is 15.5. The highest BCUT2D eigenvalue weighted by Gasteiger charge is 2.35. The smallest absolute Gasteiger partial charge is 0.352 e. The van der Waals surface area contributed by atoms with Crippen molar-refractivity contribution < 1.29 is 26.7 Å². The van der Waals surface area contributed by atoms with E-state index in [4.69, 9.17) is 0 Å². The van der Waals surface area contributed by atoms with Gasteiger partial charge in [-0.25, -0.2) is 18.3 Å². The van der Waals surface area contributed by atoms with Crippen LogP contribution in [-0.2, 0) is 17.8 Å². The number of fused-ring (bicyclic) bond motifs is 1. The Morgan fingerprint density at radius 2 is 1.94 bits per heavy atom. The van der Waals surface area contributed by atoms with Crippen molar-refractivity contribution in [3.8, 4) is 0 Å². The molecule has 1 aliphatic rings. The van der Waals surface area contributed by atoms with Crippen LogP contribution in [0.2, 0.25) is 0 Å². The van der Waals surface area contributed by atoms with Gasteiger partial charge in [0.25, 0.3) is 0 Å². The van der Waals surface area contributed by atoms with E-state index >= 15 is 0 Å². The predicted octanol–water partition coefficient (Wildman–Crippen LogP) is 5.21. The van der Waals surface area contributed by atoms with Gasteiger partial charge in [-0.2, -0.15) is 18.3 Å². The number of aromatic nitrogens is 3. The molecule has 3 rings (SSSR count). The molecule has 0 saturated heterocycles. The molecule has 1 saturated carbocycles. The highest BCUT2D eigenvalue weighted by molar-refractivity contribution is 5.75. The minimum absolute atomic E-state index is 0.0556. The van der Waals surface area contributed by atoms with Crippen LogP contribution in [0, 0.1) is 5.92 Å². The van der Waals surface area contributed by atoms with Crippen LogP contribution in [-0.4, -0.2) is 39.7 Å². The Hall–Kier alpha value is -2.56. The van der Waals surface area contributed by atoms with Gasteiger partial charge in [0, 0.05) is 25.8 Å². The molecule has 0 aliphatic heterocycles. The molecular weight excluding hydrogens is 457 g/mol. The first kappa shape index (κ1) is 29.5. The fraction of sp³-hybridized carbons (Fsp3) is 0.609. The third-order valence-electron chi connectivity index (χ3n) is 5.18. The van der Waals surface area contributed by atoms with Gasteiger partial charge in [0.05, 0.1) is 24.5 Å². The van der Waals surface area contributed by atoms with Crippen LogP contribution < -0.4 is 11.1 Å². The summed E-state index contributed by atoms with van der Waals surface area (Å²) in [4.78, 5) is 15.9. The third-order valence-corrected chi connectivity index (χ3v) is 5.18. The number of rotatable bonds is 7. The van der Waals surface area contributed by atoms with Crippen LogP contribution in [0.25, 0.3) is 5.65 Å². The predicted molar refractivity (Wildman–Crippen MR) is 121 cm³/mol. The molecule has 192 valence electrons. The number of carbonyl (C=O) groups excluding carboxylic acids is 1. The molecular formula is C23H34F5N5O. The van der Waals surface area contributed by atoms with Crippen LogP contribution in [0.3, 0.4) is 0 Å². The lowest BCUT2D eigenvalue weighted by Crippen LogP contribution is -2.25. The molecule has 1 fully saturated rings. The Labute approximate surface area is 196 Å². The van der Waals surface area contributed by atoms with E-state index in [1.54, 1.807) is 16.8 Å². The molecule has 3 N–H and O–H groups in total. The lowest BCUT2D eigenvalue weighted by atomic mass is 9.84. The maximum Gasteiger partial charge on any atom is 0.389 e. The SMILES string of the molecule is C=CCC.CN.O=C(CCC(F)(F)F)NCc1cnn2cc(CC3CCC(F)(F)CC3)nc2c1. The van der Waals surface area contributed by atoms with Crippen molar-refractivity contribution in [2.45, 2.75) is 76.9 Å². The number of hydrogen-bond donors (Lipinski definition) is 2. The Kier molecular flexibility index (Phi) is 12.1. The van der Waals surface area contributed by atoms with Crippen molar-refractivity contribution in [1.82, 2.24) is 19.9 Å². The first-order valence-electron chi connectivity index (χ1n) is 11.2. The lowest BCUT2D eigenvalue weighted by Gasteiger charge is -2.27. The second kappa shape index (κ2) is 14.0. The number of alkyl halides is 5. The molecule has 0 radical (unpaired) electrons. The zero-order valence-corrected chi connectivity index (χ0v) is 19.7. The minimum Gasteiger partial charge on any atom is -0.352 e. The second-order valence-corrected chi connectivity index (χ2v) is 7.99. The van der Waals surface area contributed by atoms with Crippen LogP contribution in [0.4, 0.5) is 22.0 Å². The van der Waals surface area contributed by atoms with E-state index in [-0.39, 0.29) is 25.3 Å². The summed E-state index contributed by atoms with van der Waals surface area (Å²) in [5.41, 5.74) is 6.41. The molecule has 2 aromatic heterocycles. The number of carbonyl (C=O) groups is 1. The van der Waals surface area contributed by atoms with Gasteiger partial charge in [-0.3, -0.25) is 4.79 Å². The number of allylic oxidation sites excluding steroid dienone is 1. The molecule has 0 aromatic carbocycles. The van der Waals surface area contributed by atoms with E-state index in [0.717, 1.165) is 12.1 Å². The summed E-state index contributed by atoms with van der Waals surface area (Å²) < 4.78 is 64.4. The summed E-state index contributed by atoms with van der Waals surface area (Å²) in [6.07, 6.45) is 1.40. The summed E-state index contributed by atoms with van der Waals surface area (Å²) >= 11 is 0. The van der Waals surface area contributed by atoms with Crippen molar-refractivity contribution in [1.29, 1.82) is 0 Å². The number of imidazole rings is 1. The van der Waals surface area contributed by atoms with Crippen molar-refractivity contribution in [2.75, 3.05) is 7.05 Å². The summed E-state index contributed by atoms with van der Waals surface area (Å²) in [5.74, 6) is -3.08. The molecule has 2 aromatic rings. The van der Waals surface area contributed by atoms with E-state index in [9.17, 15) is 26.7 Å². The van der Waals surface area contributed by atoms with Crippen LogP contribution in [0.1, 0.15) is 63.1 Å². The monoisotopic (exact) mass is 491 g/mol. The first-order valence-corrected chi connectivity index (χ1v) is 11.2. The topological polar surface area (TPSA) is 85.3 Å². The van der Waals surface area contributed by atoms with Crippen molar-refractivity contribution >= 4 is 11.6 Å². The molecule has 11 heteroatoms. The maximum absolute atomic E-state index is 13.2. The maximum atomic E-state index is 13.2. The Bertz CT molecular complexity index is 887. The largest absolute Gasteiger partial charge is 0.389 e. The van der Waals surface area contributed by atoms with Gasteiger partial charge in [0.1, 0.15) is 0 Å². The first-order chi connectivity index (χ1) is 16.0. The van der Waals surface area contributed by atoms with Gasteiger partial charge < -0.3 is 11.1 Å². The Morgan fingerprint density at radius 3 is 2.50 bits per heavy atom. The summed E-state index contributed by atoms with van der Waals surface area (Å²) in [6.45, 7) is 5.60. The fourth-order valence-corrected chi connectivity index (χ4v) is 3.30. The summed E-state index contributed by atoms with van der Waals surface area (Å²) in [5, 5.41) is 6.61. The molecule has 1 amide bonds. The fourth-order valence-electron chi connectivity index (χ4n) is 3.30. The molecule has 0 bridgehead atoms. The molecule has 0 atom stereocenters. The molecule has 2 heterocycles. The van der Waals surface area contributed by atoms with Gasteiger partial charge in [0.2, 0.25) is 11.8 Å². The highest BCUT2D eigenvalue weighted by atomic mass is 19.4. The van der Waals surface area contributed by atoms with Crippen molar-refractivity contribution in [3.63, 3.8) is 0 Å². The van der Waals surface area contributed by atoms with Crippen LogP contribution >= 0.6 is 0 Å². The molecule has 0 spiro atoms. The molecule has 1 aliphatic carbocycles. The zero-order chi connectivity index (χ0) is 25.8. The highest BCUT2D eigenvalue weighted by Crippen LogP contribution is 2.37. The molecule has 6 nitrogen and oxygen atoms in total. The average Bonchev–Trinajstić information content (AvgIpc) is 3.20. The van der Waals surface area contributed by atoms with Gasteiger partial charge in [-0.15, -0.1) is 6.58 Å². The Balaban J connectivity index is 0.000000872. The minimum atomic E-state index is -4.36. The van der Waals surface area contributed by atoms with Gasteiger partial charge >= 0.3 is 6.18 Å². The Morgan fingerprint density at radius 1 is 1.32 bits per heavy atom. The van der Waals surface area contributed by atoms with E-state index in [0.29, 0.717) is 30.5 Å². The molecule has 0 unspecified atom stereocenters. The number of nitrogens with two attached hydrogens (primary N) is 1. The van der Waals surface area contributed by atoms with E-state index in [2.05, 4.69) is 34.6 Å². The van der Waals surface area contributed by atoms with Crippen LogP contribution in [0.15, 0.2) is 31.1 Å².